The highest BCUT2D eigenvalue weighted by Gasteiger charge is 2.42. The molecule has 0 radical (unpaired) electrons. The Morgan fingerprint density at radius 1 is 1.00 bits per heavy atom. The van der Waals surface area contributed by atoms with Crippen LogP contribution in [0.3, 0.4) is 0 Å². The molecule has 240 valence electrons. The summed E-state index contributed by atoms with van der Waals surface area (Å²) < 4.78 is 40.7. The summed E-state index contributed by atoms with van der Waals surface area (Å²) in [4.78, 5) is 51.7. The molecule has 2 amide bonds. The average molecular weight is 621 g/mol. The molecule has 2 aromatic carbocycles. The summed E-state index contributed by atoms with van der Waals surface area (Å²) in [5.74, 6) is -7.14. The molecule has 10 nitrogen and oxygen atoms in total. The summed E-state index contributed by atoms with van der Waals surface area (Å²) in [6, 6.07) is 5.44. The van der Waals surface area contributed by atoms with Gasteiger partial charge in [0.25, 0.3) is 0 Å². The fraction of sp³-hybridized carbons (Fsp3) is 0.484. The third-order valence-electron chi connectivity index (χ3n) is 7.66. The molecule has 13 heteroatoms. The van der Waals surface area contributed by atoms with Crippen LogP contribution in [0, 0.1) is 17.5 Å². The second-order valence-electron chi connectivity index (χ2n) is 11.1. The number of nitrogens with one attached hydrogen (secondary N) is 2. The first-order chi connectivity index (χ1) is 20.9. The zero-order valence-electron chi connectivity index (χ0n) is 24.5. The van der Waals surface area contributed by atoms with Crippen LogP contribution in [0.25, 0.3) is 0 Å². The van der Waals surface area contributed by atoms with Gasteiger partial charge < -0.3 is 26.2 Å². The van der Waals surface area contributed by atoms with Crippen LogP contribution >= 0.6 is 0 Å². The first-order valence-corrected chi connectivity index (χ1v) is 14.6. The molecule has 1 aliphatic heterocycles. The van der Waals surface area contributed by atoms with Crippen molar-refractivity contribution in [3.63, 3.8) is 0 Å². The van der Waals surface area contributed by atoms with Gasteiger partial charge in [0.15, 0.2) is 11.6 Å². The molecular weight excluding hydrogens is 581 g/mol. The summed E-state index contributed by atoms with van der Waals surface area (Å²) in [6.07, 6.45) is 1.63. The van der Waals surface area contributed by atoms with Gasteiger partial charge in [0.05, 0.1) is 6.04 Å². The van der Waals surface area contributed by atoms with E-state index in [1.165, 1.54) is 0 Å². The van der Waals surface area contributed by atoms with Crippen molar-refractivity contribution in [2.75, 3.05) is 6.54 Å². The number of nitrogens with two attached hydrogens (primary N) is 1. The van der Waals surface area contributed by atoms with Gasteiger partial charge in [-0.25, -0.2) is 18.0 Å². The number of aliphatic carboxylic acids is 2. The fourth-order valence-corrected chi connectivity index (χ4v) is 5.38. The number of halogens is 3. The Morgan fingerprint density at radius 3 is 2.32 bits per heavy atom. The second-order valence-corrected chi connectivity index (χ2v) is 11.1. The summed E-state index contributed by atoms with van der Waals surface area (Å²) in [5, 5.41) is 25.3. The highest BCUT2D eigenvalue weighted by atomic mass is 19.2. The molecular formula is C31H39F3N4O6. The number of benzene rings is 2. The van der Waals surface area contributed by atoms with Crippen molar-refractivity contribution in [1.29, 1.82) is 0 Å². The third-order valence-corrected chi connectivity index (χ3v) is 7.66. The quantitative estimate of drug-likeness (QED) is 0.179. The van der Waals surface area contributed by atoms with E-state index >= 15 is 0 Å². The summed E-state index contributed by atoms with van der Waals surface area (Å²) >= 11 is 0. The number of carboxylic acid groups (broad SMARTS) is 2. The predicted octanol–water partition coefficient (Wildman–Crippen LogP) is 2.77. The Labute approximate surface area is 253 Å². The molecule has 1 aliphatic rings. The standard InChI is InChI=1S/C31H39F3N4O6/c1-2-3-9-25(37-26(30(41)42)11-10-18-7-5-4-6-8-18)29(40)38-17-21(15-27(38)31(43)44)36-28(39)14-20(35)12-19-13-23(33)24(34)16-22(19)32/h4-8,13,16,20-21,25-27,37H,2-3,9-12,14-15,17,35H2,1H3,(H,36,39)(H,41,42)(H,43,44)/t20-,21+,25-,26+,27+/m1/s1. The van der Waals surface area contributed by atoms with Crippen LogP contribution in [0.5, 0.6) is 0 Å². The normalized spacial score (nSPS) is 18.4. The maximum atomic E-state index is 14.0. The molecule has 0 aromatic heterocycles. The third kappa shape index (κ3) is 9.78. The van der Waals surface area contributed by atoms with Crippen molar-refractivity contribution in [2.45, 2.75) is 88.5 Å². The predicted molar refractivity (Wildman–Crippen MR) is 155 cm³/mol. The molecule has 3 rings (SSSR count). The van der Waals surface area contributed by atoms with Gasteiger partial charge >= 0.3 is 11.9 Å². The van der Waals surface area contributed by atoms with Gasteiger partial charge in [0.1, 0.15) is 17.9 Å². The van der Waals surface area contributed by atoms with Crippen molar-refractivity contribution < 1.29 is 42.6 Å². The summed E-state index contributed by atoms with van der Waals surface area (Å²) in [7, 11) is 0. The van der Waals surface area contributed by atoms with E-state index in [4.69, 9.17) is 5.73 Å². The first-order valence-electron chi connectivity index (χ1n) is 14.6. The molecule has 1 fully saturated rings. The van der Waals surface area contributed by atoms with Crippen LogP contribution in [-0.4, -0.2) is 75.6 Å². The monoisotopic (exact) mass is 620 g/mol. The lowest BCUT2D eigenvalue weighted by molar-refractivity contribution is -0.149. The van der Waals surface area contributed by atoms with E-state index in [-0.39, 0.29) is 37.8 Å². The first kappa shape index (κ1) is 34.5. The largest absolute Gasteiger partial charge is 0.480 e. The number of rotatable bonds is 16. The minimum atomic E-state index is -1.34. The molecule has 2 aromatic rings. The lowest BCUT2D eigenvalue weighted by Crippen LogP contribution is -2.54. The lowest BCUT2D eigenvalue weighted by atomic mass is 10.0. The van der Waals surface area contributed by atoms with Gasteiger partial charge in [0.2, 0.25) is 11.8 Å². The zero-order chi connectivity index (χ0) is 32.4. The van der Waals surface area contributed by atoms with Crippen LogP contribution in [0.4, 0.5) is 13.2 Å². The van der Waals surface area contributed by atoms with Gasteiger partial charge in [-0.1, -0.05) is 50.1 Å². The van der Waals surface area contributed by atoms with E-state index in [2.05, 4.69) is 10.6 Å². The molecule has 0 bridgehead atoms. The minimum absolute atomic E-state index is 0.0866. The molecule has 0 unspecified atom stereocenters. The summed E-state index contributed by atoms with van der Waals surface area (Å²) in [5.41, 5.74) is 6.70. The maximum absolute atomic E-state index is 14.0. The minimum Gasteiger partial charge on any atom is -0.480 e. The number of carbonyl (C=O) groups excluding carboxylic acids is 2. The van der Waals surface area contributed by atoms with Gasteiger partial charge in [-0.3, -0.25) is 19.7 Å². The zero-order valence-corrected chi connectivity index (χ0v) is 24.5. The van der Waals surface area contributed by atoms with Crippen LogP contribution in [0.2, 0.25) is 0 Å². The van der Waals surface area contributed by atoms with E-state index in [9.17, 15) is 42.6 Å². The number of nitrogens with zero attached hydrogens (tertiary/aromatic N) is 1. The average Bonchev–Trinajstić information content (AvgIpc) is 3.39. The van der Waals surface area contributed by atoms with E-state index < -0.39 is 71.4 Å². The molecule has 0 saturated carbocycles. The molecule has 44 heavy (non-hydrogen) atoms. The molecule has 5 atom stereocenters. The number of hydrogen-bond acceptors (Lipinski definition) is 6. The Morgan fingerprint density at radius 2 is 1.68 bits per heavy atom. The number of likely N-dealkylation sites (tertiary alicyclic amines) is 1. The fourth-order valence-electron chi connectivity index (χ4n) is 5.38. The van der Waals surface area contributed by atoms with Crippen molar-refractivity contribution in [3.05, 3.63) is 71.0 Å². The Balaban J connectivity index is 1.65. The topological polar surface area (TPSA) is 162 Å². The highest BCUT2D eigenvalue weighted by Crippen LogP contribution is 2.22. The molecule has 0 aliphatic carbocycles. The Kier molecular flexibility index (Phi) is 12.7. The number of carbonyl (C=O) groups is 4. The van der Waals surface area contributed by atoms with Gasteiger partial charge in [0, 0.05) is 37.5 Å². The molecule has 1 saturated heterocycles. The van der Waals surface area contributed by atoms with Crippen LogP contribution in [0.1, 0.15) is 56.6 Å². The van der Waals surface area contributed by atoms with Crippen LogP contribution in [-0.2, 0) is 32.0 Å². The van der Waals surface area contributed by atoms with Gasteiger partial charge in [-0.2, -0.15) is 0 Å². The van der Waals surface area contributed by atoms with Gasteiger partial charge in [-0.05, 0) is 42.9 Å². The van der Waals surface area contributed by atoms with E-state index in [1.54, 1.807) is 0 Å². The van der Waals surface area contributed by atoms with Crippen molar-refractivity contribution in [1.82, 2.24) is 15.5 Å². The van der Waals surface area contributed by atoms with Crippen LogP contribution < -0.4 is 16.4 Å². The Bertz CT molecular complexity index is 1310. The Hall–Kier alpha value is -3.97. The van der Waals surface area contributed by atoms with E-state index in [1.807, 2.05) is 37.3 Å². The van der Waals surface area contributed by atoms with Crippen molar-refractivity contribution in [2.24, 2.45) is 5.73 Å². The number of aryl methyl sites for hydroxylation is 1. The maximum Gasteiger partial charge on any atom is 0.326 e. The van der Waals surface area contributed by atoms with Crippen LogP contribution in [0.15, 0.2) is 42.5 Å². The lowest BCUT2D eigenvalue weighted by Gasteiger charge is -2.29. The highest BCUT2D eigenvalue weighted by molar-refractivity contribution is 5.88. The number of amides is 2. The molecule has 6 N–H and O–H groups in total. The molecule has 0 spiro atoms. The summed E-state index contributed by atoms with van der Waals surface area (Å²) in [6.45, 7) is 1.79. The van der Waals surface area contributed by atoms with Crippen molar-refractivity contribution in [3.8, 4) is 0 Å². The number of carboxylic acids is 2. The van der Waals surface area contributed by atoms with E-state index in [0.29, 0.717) is 31.4 Å². The van der Waals surface area contributed by atoms with E-state index in [0.717, 1.165) is 16.9 Å². The number of hydrogen-bond donors (Lipinski definition) is 5. The smallest absolute Gasteiger partial charge is 0.326 e. The van der Waals surface area contributed by atoms with Crippen molar-refractivity contribution >= 4 is 23.8 Å². The van der Waals surface area contributed by atoms with Gasteiger partial charge in [-0.15, -0.1) is 0 Å². The SMILES string of the molecule is CCCC[C@@H](N[C@@H](CCc1ccccc1)C(=O)O)C(=O)N1C[C@@H](NC(=O)C[C@H](N)Cc2cc(F)c(F)cc2F)C[C@H]1C(=O)O. The molecule has 1 heterocycles. The number of unbranched alkanes of at least 4 members (excludes halogenated alkanes) is 1. The second kappa shape index (κ2) is 16.2.